The van der Waals surface area contributed by atoms with Crippen molar-refractivity contribution in [1.29, 1.82) is 0 Å². The van der Waals surface area contributed by atoms with Crippen LogP contribution < -0.4 is 11.5 Å². The summed E-state index contributed by atoms with van der Waals surface area (Å²) in [5.74, 6) is -1.20. The molecule has 0 bridgehead atoms. The summed E-state index contributed by atoms with van der Waals surface area (Å²) in [6.45, 7) is 0. The van der Waals surface area contributed by atoms with Gasteiger partial charge in [-0.3, -0.25) is 0 Å². The topological polar surface area (TPSA) is 52.0 Å². The minimum absolute atomic E-state index is 0.0463. The molecule has 0 atom stereocenters. The Bertz CT molecular complexity index is 509. The Morgan fingerprint density at radius 3 is 2.21 bits per heavy atom. The van der Waals surface area contributed by atoms with Crippen LogP contribution in [0.3, 0.4) is 0 Å². The van der Waals surface area contributed by atoms with Crippen molar-refractivity contribution >= 4 is 22.1 Å². The molecule has 4 heteroatoms. The number of nitrogens with two attached hydrogens (primary N) is 2. The van der Waals surface area contributed by atoms with E-state index in [1.807, 2.05) is 0 Å². The van der Waals surface area contributed by atoms with Crippen LogP contribution in [0, 0.1) is 11.6 Å². The molecule has 72 valence electrons. The molecule has 14 heavy (non-hydrogen) atoms. The van der Waals surface area contributed by atoms with Crippen molar-refractivity contribution < 1.29 is 8.78 Å². The Labute approximate surface area is 79.1 Å². The predicted octanol–water partition coefficient (Wildman–Crippen LogP) is 2.28. The maximum Gasteiger partial charge on any atom is 0.146 e. The van der Waals surface area contributed by atoms with E-state index in [-0.39, 0.29) is 11.1 Å². The van der Waals surface area contributed by atoms with Crippen LogP contribution in [0.1, 0.15) is 0 Å². The van der Waals surface area contributed by atoms with Crippen molar-refractivity contribution in [2.24, 2.45) is 0 Å². The lowest BCUT2D eigenvalue weighted by Gasteiger charge is -2.06. The number of rotatable bonds is 0. The van der Waals surface area contributed by atoms with Crippen molar-refractivity contribution in [2.45, 2.75) is 0 Å². The van der Waals surface area contributed by atoms with Crippen LogP contribution >= 0.6 is 0 Å². The Morgan fingerprint density at radius 2 is 1.50 bits per heavy atom. The van der Waals surface area contributed by atoms with Gasteiger partial charge in [0.1, 0.15) is 11.6 Å². The number of benzene rings is 2. The van der Waals surface area contributed by atoms with Crippen LogP contribution in [0.4, 0.5) is 20.2 Å². The van der Waals surface area contributed by atoms with Gasteiger partial charge >= 0.3 is 0 Å². The highest BCUT2D eigenvalue weighted by Gasteiger charge is 2.10. The summed E-state index contributed by atoms with van der Waals surface area (Å²) >= 11 is 0. The second-order valence-corrected chi connectivity index (χ2v) is 3.02. The van der Waals surface area contributed by atoms with Crippen molar-refractivity contribution in [3.05, 3.63) is 35.9 Å². The molecule has 2 aromatic carbocycles. The molecule has 0 aliphatic heterocycles. The first-order valence-electron chi connectivity index (χ1n) is 4.03. The third-order valence-electron chi connectivity index (χ3n) is 2.15. The number of hydrogen-bond donors (Lipinski definition) is 2. The van der Waals surface area contributed by atoms with E-state index in [1.165, 1.54) is 24.3 Å². The molecule has 0 radical (unpaired) electrons. The van der Waals surface area contributed by atoms with Gasteiger partial charge in [-0.2, -0.15) is 0 Å². The highest BCUT2D eigenvalue weighted by Crippen LogP contribution is 2.30. The molecular formula is C10H8F2N2. The van der Waals surface area contributed by atoms with Gasteiger partial charge in [-0.1, -0.05) is 0 Å². The van der Waals surface area contributed by atoms with Gasteiger partial charge < -0.3 is 11.5 Å². The van der Waals surface area contributed by atoms with Crippen LogP contribution in [-0.4, -0.2) is 0 Å². The average Bonchev–Trinajstić information content (AvgIpc) is 2.16. The summed E-state index contributed by atoms with van der Waals surface area (Å²) in [4.78, 5) is 0. The minimum Gasteiger partial charge on any atom is -0.398 e. The van der Waals surface area contributed by atoms with E-state index in [9.17, 15) is 8.78 Å². The highest BCUT2D eigenvalue weighted by atomic mass is 19.1. The van der Waals surface area contributed by atoms with Crippen LogP contribution in [-0.2, 0) is 0 Å². The standard InChI is InChI=1S/C10H8F2N2/c11-6-3-4-8(13)5-1-2-7(12)10(14)9(5)6/h1-4H,13-14H2. The third-order valence-corrected chi connectivity index (χ3v) is 2.15. The molecule has 0 fully saturated rings. The second-order valence-electron chi connectivity index (χ2n) is 3.02. The van der Waals surface area contributed by atoms with Gasteiger partial charge in [0.05, 0.1) is 5.69 Å². The van der Waals surface area contributed by atoms with Crippen molar-refractivity contribution in [3.63, 3.8) is 0 Å². The lowest BCUT2D eigenvalue weighted by atomic mass is 10.1. The van der Waals surface area contributed by atoms with Crippen LogP contribution in [0.15, 0.2) is 24.3 Å². The summed E-state index contributed by atoms with van der Waals surface area (Å²) < 4.78 is 26.3. The smallest absolute Gasteiger partial charge is 0.146 e. The highest BCUT2D eigenvalue weighted by molar-refractivity contribution is 6.00. The lowest BCUT2D eigenvalue weighted by molar-refractivity contribution is 0.626. The number of hydrogen-bond acceptors (Lipinski definition) is 2. The van der Waals surface area contributed by atoms with Gasteiger partial charge in [0, 0.05) is 16.5 Å². The summed E-state index contributed by atoms with van der Waals surface area (Å²) in [6.07, 6.45) is 0. The fourth-order valence-corrected chi connectivity index (χ4v) is 1.43. The SMILES string of the molecule is Nc1ccc(F)c2c(N)c(F)ccc12. The largest absolute Gasteiger partial charge is 0.398 e. The average molecular weight is 194 g/mol. The van der Waals surface area contributed by atoms with Crippen molar-refractivity contribution in [3.8, 4) is 0 Å². The van der Waals surface area contributed by atoms with Gasteiger partial charge in [-0.05, 0) is 24.3 Å². The maximum absolute atomic E-state index is 13.3. The molecule has 0 amide bonds. The second kappa shape index (κ2) is 2.83. The zero-order valence-corrected chi connectivity index (χ0v) is 7.22. The maximum atomic E-state index is 13.3. The van der Waals surface area contributed by atoms with Crippen molar-refractivity contribution in [1.82, 2.24) is 0 Å². The van der Waals surface area contributed by atoms with Crippen LogP contribution in [0.5, 0.6) is 0 Å². The Kier molecular flexibility index (Phi) is 1.77. The first-order chi connectivity index (χ1) is 6.61. The molecule has 0 saturated carbocycles. The van der Waals surface area contributed by atoms with Gasteiger partial charge in [0.25, 0.3) is 0 Å². The molecule has 4 N–H and O–H groups in total. The molecule has 0 saturated heterocycles. The molecule has 0 unspecified atom stereocenters. The van der Waals surface area contributed by atoms with E-state index in [0.717, 1.165) is 0 Å². The first kappa shape index (κ1) is 8.74. The molecule has 0 aliphatic carbocycles. The molecule has 0 aromatic heterocycles. The summed E-state index contributed by atoms with van der Waals surface area (Å²) in [7, 11) is 0. The molecule has 2 rings (SSSR count). The summed E-state index contributed by atoms with van der Waals surface area (Å²) in [6, 6.07) is 5.19. The predicted molar refractivity (Wildman–Crippen MR) is 52.7 cm³/mol. The van der Waals surface area contributed by atoms with E-state index in [2.05, 4.69) is 0 Å². The molecule has 2 aromatic rings. The number of fused-ring (bicyclic) bond motifs is 1. The third kappa shape index (κ3) is 1.08. The first-order valence-corrected chi connectivity index (χ1v) is 4.03. The minimum atomic E-state index is -0.637. The molecular weight excluding hydrogens is 186 g/mol. The molecule has 0 aliphatic rings. The number of nitrogen functional groups attached to an aromatic ring is 2. The lowest BCUT2D eigenvalue weighted by Crippen LogP contribution is -1.96. The van der Waals surface area contributed by atoms with E-state index in [4.69, 9.17) is 11.5 Å². The fraction of sp³-hybridized carbons (Fsp3) is 0. The summed E-state index contributed by atoms with van der Waals surface area (Å²) in [5, 5.41) is 0.480. The van der Waals surface area contributed by atoms with Crippen LogP contribution in [0.2, 0.25) is 0 Å². The zero-order valence-electron chi connectivity index (χ0n) is 7.22. The monoisotopic (exact) mass is 194 g/mol. The quantitative estimate of drug-likeness (QED) is 0.632. The Morgan fingerprint density at radius 1 is 0.857 bits per heavy atom. The normalized spacial score (nSPS) is 10.7. The Hall–Kier alpha value is -1.84. The van der Waals surface area contributed by atoms with Gasteiger partial charge in [-0.15, -0.1) is 0 Å². The van der Waals surface area contributed by atoms with Gasteiger partial charge in [-0.25, -0.2) is 8.78 Å². The molecule has 2 nitrogen and oxygen atoms in total. The molecule has 0 spiro atoms. The number of anilines is 2. The van der Waals surface area contributed by atoms with Crippen molar-refractivity contribution in [2.75, 3.05) is 11.5 Å². The van der Waals surface area contributed by atoms with Gasteiger partial charge in [0.15, 0.2) is 0 Å². The van der Waals surface area contributed by atoms with Crippen LogP contribution in [0.25, 0.3) is 10.8 Å². The van der Waals surface area contributed by atoms with E-state index in [1.54, 1.807) is 0 Å². The van der Waals surface area contributed by atoms with Gasteiger partial charge in [0.2, 0.25) is 0 Å². The van der Waals surface area contributed by atoms with E-state index < -0.39 is 11.6 Å². The van der Waals surface area contributed by atoms with E-state index >= 15 is 0 Å². The van der Waals surface area contributed by atoms with E-state index in [0.29, 0.717) is 11.1 Å². The Balaban J connectivity index is 3.01. The fourth-order valence-electron chi connectivity index (χ4n) is 1.43. The zero-order chi connectivity index (χ0) is 10.3. The summed E-state index contributed by atoms with van der Waals surface area (Å²) in [5.41, 5.74) is 11.2. The molecule has 0 heterocycles. The number of halogens is 2.